The maximum Gasteiger partial charge on any atom is 0.262 e. The fourth-order valence-corrected chi connectivity index (χ4v) is 4.20. The maximum atomic E-state index is 13.1. The Labute approximate surface area is 188 Å². The van der Waals surface area contributed by atoms with Crippen molar-refractivity contribution in [3.05, 3.63) is 57.3 Å². The van der Waals surface area contributed by atoms with Gasteiger partial charge in [-0.3, -0.25) is 14.2 Å². The van der Waals surface area contributed by atoms with E-state index in [9.17, 15) is 9.59 Å². The van der Waals surface area contributed by atoms with E-state index in [2.05, 4.69) is 21.2 Å². The fraction of sp³-hybridized carbons (Fsp3) is 0.318. The van der Waals surface area contributed by atoms with Gasteiger partial charge in [0.1, 0.15) is 5.75 Å². The third-order valence-corrected chi connectivity index (χ3v) is 6.02. The lowest BCUT2D eigenvalue weighted by Gasteiger charge is -2.17. The Morgan fingerprint density at radius 3 is 2.53 bits per heavy atom. The summed E-state index contributed by atoms with van der Waals surface area (Å²) in [5, 5.41) is 3.56. The number of ether oxygens (including phenoxy) is 1. The number of nitrogens with one attached hydrogen (secondary N) is 1. The predicted octanol–water partition coefficient (Wildman–Crippen LogP) is 4.94. The molecule has 1 N–H and O–H groups in total. The number of rotatable bonds is 7. The largest absolute Gasteiger partial charge is 0.497 e. The van der Waals surface area contributed by atoms with E-state index in [4.69, 9.17) is 9.72 Å². The summed E-state index contributed by atoms with van der Waals surface area (Å²) in [6.07, 6.45) is 0. The summed E-state index contributed by atoms with van der Waals surface area (Å²) in [4.78, 5) is 30.5. The van der Waals surface area contributed by atoms with E-state index in [0.29, 0.717) is 28.3 Å². The number of thioether (sulfide) groups is 1. The Morgan fingerprint density at radius 1 is 1.20 bits per heavy atom. The monoisotopic (exact) mass is 489 g/mol. The van der Waals surface area contributed by atoms with Gasteiger partial charge in [0, 0.05) is 16.7 Å². The highest BCUT2D eigenvalue weighted by atomic mass is 79.9. The molecule has 0 saturated carbocycles. The Kier molecular flexibility index (Phi) is 7.20. The molecule has 0 aliphatic carbocycles. The van der Waals surface area contributed by atoms with Gasteiger partial charge in [0.15, 0.2) is 5.16 Å². The van der Waals surface area contributed by atoms with Crippen LogP contribution < -0.4 is 15.6 Å². The zero-order valence-electron chi connectivity index (χ0n) is 17.3. The van der Waals surface area contributed by atoms with E-state index in [1.54, 1.807) is 48.9 Å². The highest BCUT2D eigenvalue weighted by Crippen LogP contribution is 2.25. The molecule has 1 unspecified atom stereocenters. The molecule has 1 aromatic heterocycles. The summed E-state index contributed by atoms with van der Waals surface area (Å²) in [7, 11) is 1.60. The number of methoxy groups -OCH3 is 1. The normalized spacial score (nSPS) is 12.2. The van der Waals surface area contributed by atoms with E-state index in [-0.39, 0.29) is 17.4 Å². The number of amides is 1. The van der Waals surface area contributed by atoms with Crippen LogP contribution in [0.2, 0.25) is 0 Å². The molecule has 0 radical (unpaired) electrons. The van der Waals surface area contributed by atoms with Crippen LogP contribution in [0.25, 0.3) is 10.9 Å². The third kappa shape index (κ3) is 5.23. The molecule has 6 nitrogen and oxygen atoms in total. The van der Waals surface area contributed by atoms with Crippen molar-refractivity contribution in [1.29, 1.82) is 0 Å². The molecule has 0 bridgehead atoms. The van der Waals surface area contributed by atoms with Crippen molar-refractivity contribution in [3.8, 4) is 5.75 Å². The van der Waals surface area contributed by atoms with Gasteiger partial charge in [0.2, 0.25) is 5.91 Å². The molecule has 8 heteroatoms. The van der Waals surface area contributed by atoms with Crippen LogP contribution in [-0.2, 0) is 11.3 Å². The first-order chi connectivity index (χ1) is 14.3. The summed E-state index contributed by atoms with van der Waals surface area (Å²) in [6, 6.07) is 12.6. The van der Waals surface area contributed by atoms with Crippen LogP contribution in [-0.4, -0.2) is 27.8 Å². The van der Waals surface area contributed by atoms with Crippen LogP contribution >= 0.6 is 27.7 Å². The molecular weight excluding hydrogens is 466 g/mol. The van der Waals surface area contributed by atoms with E-state index in [1.807, 2.05) is 26.0 Å². The van der Waals surface area contributed by atoms with Gasteiger partial charge < -0.3 is 10.1 Å². The van der Waals surface area contributed by atoms with E-state index < -0.39 is 5.25 Å². The molecule has 0 aliphatic heterocycles. The molecule has 1 heterocycles. The summed E-state index contributed by atoms with van der Waals surface area (Å²) in [5.41, 5.74) is 1.21. The molecule has 30 heavy (non-hydrogen) atoms. The van der Waals surface area contributed by atoms with Crippen molar-refractivity contribution in [2.45, 2.75) is 37.7 Å². The zero-order chi connectivity index (χ0) is 21.8. The van der Waals surface area contributed by atoms with Crippen molar-refractivity contribution in [2.24, 2.45) is 5.92 Å². The van der Waals surface area contributed by atoms with Gasteiger partial charge in [-0.25, -0.2) is 4.98 Å². The number of carbonyl (C=O) groups excluding carboxylic acids is 1. The first-order valence-electron chi connectivity index (χ1n) is 9.60. The Bertz CT molecular complexity index is 1110. The Morgan fingerprint density at radius 2 is 1.90 bits per heavy atom. The van der Waals surface area contributed by atoms with Crippen molar-refractivity contribution in [2.75, 3.05) is 12.4 Å². The number of anilines is 1. The SMILES string of the molecule is COc1ccc(NC(=O)C(C)Sc2nc3ccc(Br)cc3c(=O)n2CC(C)C)cc1. The lowest BCUT2D eigenvalue weighted by Crippen LogP contribution is -2.28. The standard InChI is InChI=1S/C22H24BrN3O3S/c1-13(2)12-26-21(28)18-11-15(23)5-10-19(18)25-22(26)30-14(3)20(27)24-16-6-8-17(29-4)9-7-16/h5-11,13-14H,12H2,1-4H3,(H,24,27). The second kappa shape index (κ2) is 9.66. The quantitative estimate of drug-likeness (QED) is 0.375. The number of aromatic nitrogens is 2. The van der Waals surface area contributed by atoms with Crippen LogP contribution in [0.1, 0.15) is 20.8 Å². The topological polar surface area (TPSA) is 73.2 Å². The van der Waals surface area contributed by atoms with Gasteiger partial charge >= 0.3 is 0 Å². The fourth-order valence-electron chi connectivity index (χ4n) is 2.92. The van der Waals surface area contributed by atoms with Crippen LogP contribution in [0.3, 0.4) is 0 Å². The average molecular weight is 490 g/mol. The number of carbonyl (C=O) groups is 1. The molecular formula is C22H24BrN3O3S. The molecule has 0 fully saturated rings. The predicted molar refractivity (Wildman–Crippen MR) is 125 cm³/mol. The Balaban J connectivity index is 1.87. The molecule has 0 aliphatic rings. The lowest BCUT2D eigenvalue weighted by molar-refractivity contribution is -0.115. The number of fused-ring (bicyclic) bond motifs is 1. The summed E-state index contributed by atoms with van der Waals surface area (Å²) in [5.74, 6) is 0.823. The minimum absolute atomic E-state index is 0.0970. The summed E-state index contributed by atoms with van der Waals surface area (Å²) in [6.45, 7) is 6.43. The first kappa shape index (κ1) is 22.4. The van der Waals surface area contributed by atoms with Crippen molar-refractivity contribution >= 4 is 50.2 Å². The molecule has 1 amide bonds. The van der Waals surface area contributed by atoms with Crippen molar-refractivity contribution < 1.29 is 9.53 Å². The maximum absolute atomic E-state index is 13.1. The number of benzene rings is 2. The minimum atomic E-state index is -0.440. The zero-order valence-corrected chi connectivity index (χ0v) is 19.7. The molecule has 158 valence electrons. The van der Waals surface area contributed by atoms with Gasteiger partial charge in [-0.15, -0.1) is 0 Å². The number of hydrogen-bond acceptors (Lipinski definition) is 5. The summed E-state index contributed by atoms with van der Waals surface area (Å²) < 4.78 is 7.64. The highest BCUT2D eigenvalue weighted by Gasteiger charge is 2.20. The van der Waals surface area contributed by atoms with E-state index in [0.717, 1.165) is 10.2 Å². The first-order valence-corrected chi connectivity index (χ1v) is 11.3. The second-order valence-electron chi connectivity index (χ2n) is 7.34. The van der Waals surface area contributed by atoms with Crippen LogP contribution in [0.5, 0.6) is 5.75 Å². The number of nitrogens with zero attached hydrogens (tertiary/aromatic N) is 2. The van der Waals surface area contributed by atoms with E-state index in [1.165, 1.54) is 11.8 Å². The molecule has 3 aromatic rings. The smallest absolute Gasteiger partial charge is 0.262 e. The van der Waals surface area contributed by atoms with Crippen molar-refractivity contribution in [1.82, 2.24) is 9.55 Å². The van der Waals surface area contributed by atoms with E-state index >= 15 is 0 Å². The van der Waals surface area contributed by atoms with Crippen LogP contribution in [0.4, 0.5) is 5.69 Å². The minimum Gasteiger partial charge on any atom is -0.497 e. The molecule has 0 saturated heterocycles. The van der Waals surface area contributed by atoms with Crippen LogP contribution in [0, 0.1) is 5.92 Å². The third-order valence-electron chi connectivity index (χ3n) is 4.44. The Hall–Kier alpha value is -2.32. The number of halogens is 1. The van der Waals surface area contributed by atoms with Gasteiger partial charge in [0.25, 0.3) is 5.56 Å². The number of hydrogen-bond donors (Lipinski definition) is 1. The van der Waals surface area contributed by atoms with Crippen LogP contribution in [0.15, 0.2) is 56.9 Å². The lowest BCUT2D eigenvalue weighted by atomic mass is 10.2. The van der Waals surface area contributed by atoms with Gasteiger partial charge in [-0.05, 0) is 55.3 Å². The second-order valence-corrected chi connectivity index (χ2v) is 9.57. The molecule has 2 aromatic carbocycles. The molecule has 3 rings (SSSR count). The molecule has 1 atom stereocenters. The highest BCUT2D eigenvalue weighted by molar-refractivity contribution is 9.10. The van der Waals surface area contributed by atoms with Gasteiger partial charge in [-0.2, -0.15) is 0 Å². The van der Waals surface area contributed by atoms with Crippen molar-refractivity contribution in [3.63, 3.8) is 0 Å². The van der Waals surface area contributed by atoms with Gasteiger partial charge in [0.05, 0.1) is 23.3 Å². The summed E-state index contributed by atoms with van der Waals surface area (Å²) >= 11 is 4.70. The van der Waals surface area contributed by atoms with Gasteiger partial charge in [-0.1, -0.05) is 41.5 Å². The average Bonchev–Trinajstić information content (AvgIpc) is 2.71. The molecule has 0 spiro atoms.